The van der Waals surface area contributed by atoms with Crippen molar-refractivity contribution in [2.75, 3.05) is 12.4 Å². The predicted octanol–water partition coefficient (Wildman–Crippen LogP) is 0.704. The molecule has 1 rings (SSSR count). The molecule has 0 aromatic carbocycles. The molecule has 0 radical (unpaired) electrons. The lowest BCUT2D eigenvalue weighted by Crippen LogP contribution is -2.37. The summed E-state index contributed by atoms with van der Waals surface area (Å²) >= 11 is 0. The third kappa shape index (κ3) is 5.57. The molecule has 0 saturated carbocycles. The minimum atomic E-state index is -3.29. The predicted molar refractivity (Wildman–Crippen MR) is 70.6 cm³/mol. The maximum atomic E-state index is 11.8. The number of pyridine rings is 1. The summed E-state index contributed by atoms with van der Waals surface area (Å²) < 4.78 is 26.3. The zero-order valence-electron chi connectivity index (χ0n) is 10.5. The first-order valence-corrected chi connectivity index (χ1v) is 7.72. The van der Waals surface area contributed by atoms with E-state index in [1.807, 2.05) is 6.92 Å². The first-order chi connectivity index (χ1) is 8.57. The number of sulfonamides is 1. The van der Waals surface area contributed by atoms with Crippen LogP contribution in [0.15, 0.2) is 24.5 Å². The highest BCUT2D eigenvalue weighted by atomic mass is 32.2. The van der Waals surface area contributed by atoms with Gasteiger partial charge in [-0.3, -0.25) is 4.98 Å². The van der Waals surface area contributed by atoms with Gasteiger partial charge in [0, 0.05) is 25.0 Å². The second kappa shape index (κ2) is 7.45. The van der Waals surface area contributed by atoms with Crippen molar-refractivity contribution in [2.45, 2.75) is 32.2 Å². The number of nitrogens with zero attached hydrogens (tertiary/aromatic N) is 1. The topological polar surface area (TPSA) is 79.3 Å². The lowest BCUT2D eigenvalue weighted by atomic mass is 10.2. The quantitative estimate of drug-likeness (QED) is 0.730. The number of aliphatic hydroxyl groups excluding tert-OH is 1. The molecule has 1 atom stereocenters. The van der Waals surface area contributed by atoms with Crippen LogP contribution in [0.3, 0.4) is 0 Å². The Balaban J connectivity index is 2.49. The molecule has 1 aromatic rings. The van der Waals surface area contributed by atoms with Crippen molar-refractivity contribution in [3.8, 4) is 0 Å². The van der Waals surface area contributed by atoms with E-state index >= 15 is 0 Å². The normalized spacial score (nSPS) is 13.4. The Morgan fingerprint density at radius 3 is 2.61 bits per heavy atom. The molecule has 2 N–H and O–H groups in total. The Hall–Kier alpha value is -0.980. The summed E-state index contributed by atoms with van der Waals surface area (Å²) in [5.74, 6) is 0.0545. The van der Waals surface area contributed by atoms with Gasteiger partial charge in [-0.1, -0.05) is 6.92 Å². The summed E-state index contributed by atoms with van der Waals surface area (Å²) in [7, 11) is -3.29. The van der Waals surface area contributed by atoms with Crippen LogP contribution in [0, 0.1) is 0 Å². The van der Waals surface area contributed by atoms with E-state index in [4.69, 9.17) is 5.11 Å². The molecule has 1 aromatic heterocycles. The van der Waals surface area contributed by atoms with Crippen LogP contribution >= 0.6 is 0 Å². The Kier molecular flexibility index (Phi) is 6.24. The maximum Gasteiger partial charge on any atom is 0.212 e. The van der Waals surface area contributed by atoms with E-state index in [0.29, 0.717) is 19.3 Å². The van der Waals surface area contributed by atoms with Gasteiger partial charge >= 0.3 is 0 Å². The number of aromatic nitrogens is 1. The fourth-order valence-corrected chi connectivity index (χ4v) is 3.03. The van der Waals surface area contributed by atoms with Crippen molar-refractivity contribution < 1.29 is 13.5 Å². The van der Waals surface area contributed by atoms with Gasteiger partial charge < -0.3 is 5.11 Å². The zero-order chi connectivity index (χ0) is 13.4. The zero-order valence-corrected chi connectivity index (χ0v) is 11.4. The Labute approximate surface area is 108 Å². The molecule has 0 amide bonds. The smallest absolute Gasteiger partial charge is 0.212 e. The van der Waals surface area contributed by atoms with Crippen molar-refractivity contribution in [1.82, 2.24) is 9.71 Å². The van der Waals surface area contributed by atoms with Gasteiger partial charge in [-0.05, 0) is 37.0 Å². The second-order valence-corrected chi connectivity index (χ2v) is 6.03. The van der Waals surface area contributed by atoms with E-state index in [1.165, 1.54) is 0 Å². The van der Waals surface area contributed by atoms with E-state index in [-0.39, 0.29) is 18.4 Å². The van der Waals surface area contributed by atoms with Crippen LogP contribution in [0.25, 0.3) is 0 Å². The van der Waals surface area contributed by atoms with Gasteiger partial charge in [-0.2, -0.15) is 0 Å². The fraction of sp³-hybridized carbons (Fsp3) is 0.583. The van der Waals surface area contributed by atoms with Gasteiger partial charge in [0.25, 0.3) is 0 Å². The minimum absolute atomic E-state index is 0.00855. The van der Waals surface area contributed by atoms with E-state index in [9.17, 15) is 8.42 Å². The fourth-order valence-electron chi connectivity index (χ4n) is 1.62. The van der Waals surface area contributed by atoms with Crippen LogP contribution in [-0.4, -0.2) is 36.9 Å². The van der Waals surface area contributed by atoms with Crippen LogP contribution in [0.4, 0.5) is 0 Å². The van der Waals surface area contributed by atoms with Crippen LogP contribution in [0.2, 0.25) is 0 Å². The molecule has 0 spiro atoms. The van der Waals surface area contributed by atoms with Gasteiger partial charge in [0.2, 0.25) is 10.0 Å². The first kappa shape index (κ1) is 15.1. The lowest BCUT2D eigenvalue weighted by molar-refractivity contribution is 0.270. The number of hydrogen-bond donors (Lipinski definition) is 2. The largest absolute Gasteiger partial charge is 0.396 e. The summed E-state index contributed by atoms with van der Waals surface area (Å²) in [6, 6.07) is 3.43. The number of hydrogen-bond acceptors (Lipinski definition) is 4. The van der Waals surface area contributed by atoms with Crippen molar-refractivity contribution in [1.29, 1.82) is 0 Å². The molecule has 0 bridgehead atoms. The molecule has 0 fully saturated rings. The van der Waals surface area contributed by atoms with Crippen LogP contribution in [0.1, 0.15) is 25.3 Å². The summed E-state index contributed by atoms with van der Waals surface area (Å²) in [6.07, 6.45) is 4.89. The van der Waals surface area contributed by atoms with E-state index in [0.717, 1.165) is 5.56 Å². The average molecular weight is 272 g/mol. The highest BCUT2D eigenvalue weighted by molar-refractivity contribution is 7.89. The van der Waals surface area contributed by atoms with Gasteiger partial charge in [0.1, 0.15) is 0 Å². The van der Waals surface area contributed by atoms with Gasteiger partial charge in [-0.25, -0.2) is 13.1 Å². The number of aryl methyl sites for hydroxylation is 1. The maximum absolute atomic E-state index is 11.8. The number of aliphatic hydroxyl groups is 1. The Bertz CT molecular complexity index is 434. The first-order valence-electron chi connectivity index (χ1n) is 6.07. The Morgan fingerprint density at radius 2 is 2.06 bits per heavy atom. The van der Waals surface area contributed by atoms with E-state index in [2.05, 4.69) is 9.71 Å². The van der Waals surface area contributed by atoms with Gasteiger partial charge in [0.05, 0.1) is 5.75 Å². The highest BCUT2D eigenvalue weighted by Crippen LogP contribution is 2.03. The summed E-state index contributed by atoms with van der Waals surface area (Å²) in [6.45, 7) is 1.89. The molecular formula is C12H20N2O3S. The van der Waals surface area contributed by atoms with Gasteiger partial charge in [0.15, 0.2) is 0 Å². The molecule has 6 heteroatoms. The second-order valence-electron chi connectivity index (χ2n) is 4.16. The van der Waals surface area contributed by atoms with Crippen molar-refractivity contribution in [3.63, 3.8) is 0 Å². The Morgan fingerprint density at radius 1 is 1.39 bits per heavy atom. The summed E-state index contributed by atoms with van der Waals surface area (Å²) in [5, 5.41) is 8.83. The molecular weight excluding hydrogens is 252 g/mol. The molecule has 0 saturated heterocycles. The molecule has 1 heterocycles. The minimum Gasteiger partial charge on any atom is -0.396 e. The summed E-state index contributed by atoms with van der Waals surface area (Å²) in [4.78, 5) is 3.88. The molecule has 1 unspecified atom stereocenters. The molecule has 18 heavy (non-hydrogen) atoms. The van der Waals surface area contributed by atoms with Gasteiger partial charge in [-0.15, -0.1) is 0 Å². The van der Waals surface area contributed by atoms with Crippen LogP contribution < -0.4 is 4.72 Å². The SMILES string of the molecule is CCC(CCO)NS(=O)(=O)CCc1ccncc1. The molecule has 102 valence electrons. The third-order valence-electron chi connectivity index (χ3n) is 2.73. The number of rotatable bonds is 8. The van der Waals surface area contributed by atoms with Crippen molar-refractivity contribution in [2.24, 2.45) is 0 Å². The molecule has 5 nitrogen and oxygen atoms in total. The monoisotopic (exact) mass is 272 g/mol. The lowest BCUT2D eigenvalue weighted by Gasteiger charge is -2.15. The summed E-state index contributed by atoms with van der Waals surface area (Å²) in [5.41, 5.74) is 0.950. The molecule has 0 aliphatic heterocycles. The average Bonchev–Trinajstić information content (AvgIpc) is 2.37. The van der Waals surface area contributed by atoms with Crippen LogP contribution in [0.5, 0.6) is 0 Å². The standard InChI is InChI=1S/C12H20N2O3S/c1-2-12(5-9-15)14-18(16,17)10-6-11-3-7-13-8-4-11/h3-4,7-8,12,14-15H,2,5-6,9-10H2,1H3. The molecule has 0 aliphatic rings. The van der Waals surface area contributed by atoms with E-state index in [1.54, 1.807) is 24.5 Å². The van der Waals surface area contributed by atoms with E-state index < -0.39 is 10.0 Å². The van der Waals surface area contributed by atoms with Crippen LogP contribution in [-0.2, 0) is 16.4 Å². The highest BCUT2D eigenvalue weighted by Gasteiger charge is 2.16. The third-order valence-corrected chi connectivity index (χ3v) is 4.16. The van der Waals surface area contributed by atoms with Crippen molar-refractivity contribution >= 4 is 10.0 Å². The molecule has 0 aliphatic carbocycles. The number of nitrogens with one attached hydrogen (secondary N) is 1. The van der Waals surface area contributed by atoms with Crippen molar-refractivity contribution in [3.05, 3.63) is 30.1 Å².